The summed E-state index contributed by atoms with van der Waals surface area (Å²) in [5, 5.41) is 14.6. The van der Waals surface area contributed by atoms with Crippen LogP contribution in [0.15, 0.2) is 83.9 Å². The SMILES string of the molecule is COc1ccc(CCNC(N)=NCC(O)(Cc2ccccc2)c2ccccc2)cc1OC.I. The highest BCUT2D eigenvalue weighted by atomic mass is 127. The molecule has 0 amide bonds. The van der Waals surface area contributed by atoms with Crippen molar-refractivity contribution in [2.24, 2.45) is 10.7 Å². The number of nitrogens with zero attached hydrogens (tertiary/aromatic N) is 1. The Morgan fingerprint density at radius 3 is 2.18 bits per heavy atom. The molecule has 0 aliphatic heterocycles. The first kappa shape index (κ1) is 26.5. The van der Waals surface area contributed by atoms with Gasteiger partial charge in [-0.05, 0) is 35.2 Å². The van der Waals surface area contributed by atoms with Crippen molar-refractivity contribution in [3.05, 3.63) is 95.6 Å². The Bertz CT molecular complexity index is 1020. The molecule has 0 aromatic heterocycles. The molecular weight excluding hydrogens is 529 g/mol. The van der Waals surface area contributed by atoms with Gasteiger partial charge in [0.25, 0.3) is 0 Å². The van der Waals surface area contributed by atoms with E-state index < -0.39 is 5.60 Å². The van der Waals surface area contributed by atoms with Crippen LogP contribution < -0.4 is 20.5 Å². The number of halogens is 1. The van der Waals surface area contributed by atoms with E-state index in [9.17, 15) is 5.11 Å². The fourth-order valence-electron chi connectivity index (χ4n) is 3.57. The van der Waals surface area contributed by atoms with Crippen molar-refractivity contribution in [3.8, 4) is 11.5 Å². The highest BCUT2D eigenvalue weighted by molar-refractivity contribution is 14.0. The van der Waals surface area contributed by atoms with E-state index in [1.807, 2.05) is 78.9 Å². The number of benzene rings is 3. The van der Waals surface area contributed by atoms with Crippen LogP contribution in [0, 0.1) is 0 Å². The first-order chi connectivity index (χ1) is 15.5. The maximum absolute atomic E-state index is 11.5. The first-order valence-corrected chi connectivity index (χ1v) is 10.6. The monoisotopic (exact) mass is 561 g/mol. The molecule has 3 rings (SSSR count). The number of hydrogen-bond donors (Lipinski definition) is 3. The molecule has 3 aromatic carbocycles. The molecule has 1 unspecified atom stereocenters. The molecule has 0 saturated heterocycles. The van der Waals surface area contributed by atoms with E-state index in [0.717, 1.165) is 23.1 Å². The van der Waals surface area contributed by atoms with Crippen molar-refractivity contribution < 1.29 is 14.6 Å². The zero-order valence-corrected chi connectivity index (χ0v) is 21.4. The molecule has 176 valence electrons. The minimum atomic E-state index is -1.15. The zero-order chi connectivity index (χ0) is 22.8. The van der Waals surface area contributed by atoms with Gasteiger partial charge in [-0.25, -0.2) is 0 Å². The van der Waals surface area contributed by atoms with Gasteiger partial charge >= 0.3 is 0 Å². The molecule has 0 spiro atoms. The predicted octanol–water partition coefficient (Wildman–Crippen LogP) is 3.90. The standard InChI is InChI=1S/C26H31N3O3.HI/c1-31-23-14-13-20(17-24(23)32-2)15-16-28-25(27)29-19-26(30,22-11-7-4-8-12-22)18-21-9-5-3-6-10-21;/h3-14,17,30H,15-16,18-19H2,1-2H3,(H3,27,28,29);1H. The topological polar surface area (TPSA) is 89.1 Å². The quantitative estimate of drug-likeness (QED) is 0.199. The average Bonchev–Trinajstić information content (AvgIpc) is 2.84. The summed E-state index contributed by atoms with van der Waals surface area (Å²) in [5.41, 5.74) is 7.88. The predicted molar refractivity (Wildman–Crippen MR) is 144 cm³/mol. The molecule has 6 nitrogen and oxygen atoms in total. The number of rotatable bonds is 10. The maximum Gasteiger partial charge on any atom is 0.188 e. The van der Waals surface area contributed by atoms with Crippen LogP contribution in [0.3, 0.4) is 0 Å². The van der Waals surface area contributed by atoms with Crippen molar-refractivity contribution in [2.75, 3.05) is 27.3 Å². The third-order valence-corrected chi connectivity index (χ3v) is 5.33. The van der Waals surface area contributed by atoms with Gasteiger partial charge in [-0.3, -0.25) is 4.99 Å². The summed E-state index contributed by atoms with van der Waals surface area (Å²) < 4.78 is 10.6. The molecule has 0 aliphatic rings. The summed E-state index contributed by atoms with van der Waals surface area (Å²) in [6.07, 6.45) is 1.18. The van der Waals surface area contributed by atoms with Crippen LogP contribution in [0.25, 0.3) is 0 Å². The van der Waals surface area contributed by atoms with E-state index in [1.165, 1.54) is 0 Å². The summed E-state index contributed by atoms with van der Waals surface area (Å²) in [5.74, 6) is 1.69. The smallest absolute Gasteiger partial charge is 0.188 e. The summed E-state index contributed by atoms with van der Waals surface area (Å²) in [6, 6.07) is 25.3. The number of guanidine groups is 1. The Labute approximate surface area is 212 Å². The number of aliphatic imine (C=N–C) groups is 1. The molecule has 0 heterocycles. The molecule has 0 radical (unpaired) electrons. The second kappa shape index (κ2) is 13.1. The molecular formula is C26H32IN3O3. The van der Waals surface area contributed by atoms with Gasteiger partial charge in [0.1, 0.15) is 5.60 Å². The summed E-state index contributed by atoms with van der Waals surface area (Å²) in [4.78, 5) is 4.45. The summed E-state index contributed by atoms with van der Waals surface area (Å²) in [6.45, 7) is 0.758. The molecule has 0 saturated carbocycles. The van der Waals surface area contributed by atoms with Gasteiger partial charge in [0.15, 0.2) is 17.5 Å². The number of nitrogens with one attached hydrogen (secondary N) is 1. The number of methoxy groups -OCH3 is 2. The first-order valence-electron chi connectivity index (χ1n) is 10.6. The largest absolute Gasteiger partial charge is 0.493 e. The highest BCUT2D eigenvalue weighted by Crippen LogP contribution is 2.28. The van der Waals surface area contributed by atoms with Crippen molar-refractivity contribution in [1.82, 2.24) is 5.32 Å². The second-order valence-corrected chi connectivity index (χ2v) is 7.63. The van der Waals surface area contributed by atoms with E-state index in [0.29, 0.717) is 30.4 Å². The molecule has 3 aromatic rings. The van der Waals surface area contributed by atoms with Crippen LogP contribution >= 0.6 is 24.0 Å². The normalized spacial score (nSPS) is 12.9. The lowest BCUT2D eigenvalue weighted by Crippen LogP contribution is -2.37. The van der Waals surface area contributed by atoms with E-state index >= 15 is 0 Å². The third kappa shape index (κ3) is 7.64. The zero-order valence-electron chi connectivity index (χ0n) is 19.0. The Morgan fingerprint density at radius 1 is 0.909 bits per heavy atom. The fraction of sp³-hybridized carbons (Fsp3) is 0.269. The minimum absolute atomic E-state index is 0. The van der Waals surface area contributed by atoms with Gasteiger partial charge in [0.2, 0.25) is 0 Å². The number of ether oxygens (including phenoxy) is 2. The van der Waals surface area contributed by atoms with E-state index in [2.05, 4.69) is 10.3 Å². The van der Waals surface area contributed by atoms with Gasteiger partial charge in [0.05, 0.1) is 20.8 Å². The molecule has 1 atom stereocenters. The fourth-order valence-corrected chi connectivity index (χ4v) is 3.57. The van der Waals surface area contributed by atoms with Gasteiger partial charge in [-0.15, -0.1) is 24.0 Å². The minimum Gasteiger partial charge on any atom is -0.493 e. The van der Waals surface area contributed by atoms with Crippen LogP contribution in [-0.2, 0) is 18.4 Å². The Kier molecular flexibility index (Phi) is 10.5. The van der Waals surface area contributed by atoms with E-state index in [4.69, 9.17) is 15.2 Å². The van der Waals surface area contributed by atoms with E-state index in [-0.39, 0.29) is 30.5 Å². The summed E-state index contributed by atoms with van der Waals surface area (Å²) in [7, 11) is 3.23. The lowest BCUT2D eigenvalue weighted by molar-refractivity contribution is 0.0467. The Hall–Kier alpha value is -2.78. The van der Waals surface area contributed by atoms with Gasteiger partial charge in [-0.2, -0.15) is 0 Å². The van der Waals surface area contributed by atoms with Crippen LogP contribution in [0.2, 0.25) is 0 Å². The Balaban J connectivity index is 0.00000385. The molecule has 4 N–H and O–H groups in total. The van der Waals surface area contributed by atoms with Crippen molar-refractivity contribution in [1.29, 1.82) is 0 Å². The van der Waals surface area contributed by atoms with Crippen LogP contribution in [0.5, 0.6) is 11.5 Å². The average molecular weight is 561 g/mol. The summed E-state index contributed by atoms with van der Waals surface area (Å²) >= 11 is 0. The molecule has 0 bridgehead atoms. The lowest BCUT2D eigenvalue weighted by atomic mass is 9.87. The van der Waals surface area contributed by atoms with E-state index in [1.54, 1.807) is 14.2 Å². The number of nitrogens with two attached hydrogens (primary N) is 1. The maximum atomic E-state index is 11.5. The molecule has 7 heteroatoms. The van der Waals surface area contributed by atoms with Crippen LogP contribution in [-0.4, -0.2) is 38.4 Å². The van der Waals surface area contributed by atoms with Gasteiger partial charge in [-0.1, -0.05) is 66.7 Å². The molecule has 0 fully saturated rings. The van der Waals surface area contributed by atoms with Crippen LogP contribution in [0.4, 0.5) is 0 Å². The number of aliphatic hydroxyl groups is 1. The second-order valence-electron chi connectivity index (χ2n) is 7.63. The Morgan fingerprint density at radius 2 is 1.55 bits per heavy atom. The third-order valence-electron chi connectivity index (χ3n) is 5.33. The highest BCUT2D eigenvalue weighted by Gasteiger charge is 2.29. The van der Waals surface area contributed by atoms with Crippen molar-refractivity contribution in [2.45, 2.75) is 18.4 Å². The lowest BCUT2D eigenvalue weighted by Gasteiger charge is -2.27. The molecule has 33 heavy (non-hydrogen) atoms. The van der Waals surface area contributed by atoms with Gasteiger partial charge < -0.3 is 25.6 Å². The molecule has 0 aliphatic carbocycles. The van der Waals surface area contributed by atoms with Crippen molar-refractivity contribution in [3.63, 3.8) is 0 Å². The van der Waals surface area contributed by atoms with Crippen molar-refractivity contribution >= 4 is 29.9 Å². The van der Waals surface area contributed by atoms with Crippen LogP contribution in [0.1, 0.15) is 16.7 Å². The van der Waals surface area contributed by atoms with Gasteiger partial charge in [0, 0.05) is 13.0 Å². The number of hydrogen-bond acceptors (Lipinski definition) is 4.